The standard InChI is InChI=1S/C11H18N4OS/c1-8-10(12)13-14-15(8)9-2-4-16-11(6-9)3-5-17-7-11/h9H,2-7,12H2,1H3. The smallest absolute Gasteiger partial charge is 0.168 e. The highest BCUT2D eigenvalue weighted by atomic mass is 32.2. The molecule has 2 N–H and O–H groups in total. The molecule has 94 valence electrons. The van der Waals surface area contributed by atoms with Gasteiger partial charge in [-0.3, -0.25) is 0 Å². The number of hydrogen-bond acceptors (Lipinski definition) is 5. The van der Waals surface area contributed by atoms with Gasteiger partial charge in [-0.15, -0.1) is 5.10 Å². The van der Waals surface area contributed by atoms with Crippen LogP contribution in [0, 0.1) is 6.92 Å². The summed E-state index contributed by atoms with van der Waals surface area (Å²) in [7, 11) is 0. The predicted octanol–water partition coefficient (Wildman–Crippen LogP) is 1.40. The molecule has 3 heterocycles. The maximum Gasteiger partial charge on any atom is 0.168 e. The second-order valence-electron chi connectivity index (χ2n) is 4.99. The fourth-order valence-corrected chi connectivity index (χ4v) is 4.15. The van der Waals surface area contributed by atoms with E-state index < -0.39 is 0 Å². The fraction of sp³-hybridized carbons (Fsp3) is 0.818. The molecular formula is C11H18N4OS. The summed E-state index contributed by atoms with van der Waals surface area (Å²) in [5, 5.41) is 8.12. The topological polar surface area (TPSA) is 66.0 Å². The van der Waals surface area contributed by atoms with Crippen molar-refractivity contribution in [2.24, 2.45) is 0 Å². The van der Waals surface area contributed by atoms with E-state index >= 15 is 0 Å². The van der Waals surface area contributed by atoms with Crippen molar-refractivity contribution in [2.45, 2.75) is 37.8 Å². The van der Waals surface area contributed by atoms with Crippen molar-refractivity contribution in [1.82, 2.24) is 15.0 Å². The Balaban J connectivity index is 1.82. The molecule has 1 aromatic rings. The van der Waals surface area contributed by atoms with Crippen LogP contribution in [0.5, 0.6) is 0 Å². The molecule has 0 radical (unpaired) electrons. The van der Waals surface area contributed by atoms with E-state index in [1.54, 1.807) is 0 Å². The van der Waals surface area contributed by atoms with Crippen molar-refractivity contribution in [1.29, 1.82) is 0 Å². The monoisotopic (exact) mass is 254 g/mol. The van der Waals surface area contributed by atoms with Crippen molar-refractivity contribution in [3.63, 3.8) is 0 Å². The maximum absolute atomic E-state index is 6.01. The van der Waals surface area contributed by atoms with Crippen LogP contribution in [0.3, 0.4) is 0 Å². The Hall–Kier alpha value is -0.750. The van der Waals surface area contributed by atoms with Gasteiger partial charge in [0.25, 0.3) is 0 Å². The van der Waals surface area contributed by atoms with E-state index in [1.165, 1.54) is 5.75 Å². The molecule has 5 nitrogen and oxygen atoms in total. The van der Waals surface area contributed by atoms with Crippen LogP contribution in [0.25, 0.3) is 0 Å². The van der Waals surface area contributed by atoms with Gasteiger partial charge in [-0.25, -0.2) is 4.68 Å². The lowest BCUT2D eigenvalue weighted by Gasteiger charge is -2.37. The van der Waals surface area contributed by atoms with E-state index in [0.29, 0.717) is 11.9 Å². The van der Waals surface area contributed by atoms with Crippen molar-refractivity contribution in [3.8, 4) is 0 Å². The number of rotatable bonds is 1. The quantitative estimate of drug-likeness (QED) is 0.820. The van der Waals surface area contributed by atoms with Gasteiger partial charge in [-0.05, 0) is 31.9 Å². The minimum Gasteiger partial charge on any atom is -0.381 e. The second-order valence-corrected chi connectivity index (χ2v) is 6.09. The highest BCUT2D eigenvalue weighted by Gasteiger charge is 2.41. The van der Waals surface area contributed by atoms with Crippen LogP contribution >= 0.6 is 11.8 Å². The zero-order chi connectivity index (χ0) is 11.9. The minimum atomic E-state index is 0.0841. The number of nitrogens with zero attached hydrogens (tertiary/aromatic N) is 3. The van der Waals surface area contributed by atoms with Crippen LogP contribution < -0.4 is 5.73 Å². The maximum atomic E-state index is 6.01. The average Bonchev–Trinajstić information content (AvgIpc) is 2.89. The normalized spacial score (nSPS) is 33.4. The third-order valence-corrected chi connectivity index (χ3v) is 5.07. The first-order valence-corrected chi connectivity index (χ1v) is 7.25. The van der Waals surface area contributed by atoms with Crippen molar-refractivity contribution in [2.75, 3.05) is 23.8 Å². The molecule has 1 aromatic heterocycles. The minimum absolute atomic E-state index is 0.0841. The molecule has 2 aliphatic rings. The molecule has 3 rings (SSSR count). The highest BCUT2D eigenvalue weighted by molar-refractivity contribution is 7.99. The van der Waals surface area contributed by atoms with Crippen LogP contribution in [-0.4, -0.2) is 38.7 Å². The molecule has 17 heavy (non-hydrogen) atoms. The Morgan fingerprint density at radius 1 is 1.59 bits per heavy atom. The number of nitrogen functional groups attached to an aromatic ring is 1. The molecule has 2 aliphatic heterocycles. The molecule has 2 fully saturated rings. The van der Waals surface area contributed by atoms with E-state index in [2.05, 4.69) is 10.3 Å². The summed E-state index contributed by atoms with van der Waals surface area (Å²) in [4.78, 5) is 0. The molecule has 0 aliphatic carbocycles. The number of ether oxygens (including phenoxy) is 1. The summed E-state index contributed by atoms with van der Waals surface area (Å²) >= 11 is 1.99. The molecule has 0 amide bonds. The molecule has 6 heteroatoms. The van der Waals surface area contributed by atoms with E-state index in [-0.39, 0.29) is 5.60 Å². The van der Waals surface area contributed by atoms with E-state index in [4.69, 9.17) is 10.5 Å². The van der Waals surface area contributed by atoms with Gasteiger partial charge in [0.1, 0.15) is 0 Å². The van der Waals surface area contributed by atoms with Crippen LogP contribution in [0.4, 0.5) is 5.82 Å². The SMILES string of the molecule is Cc1c(N)nnn1C1CCOC2(CCSC2)C1. The first-order chi connectivity index (χ1) is 8.20. The number of aromatic nitrogens is 3. The zero-order valence-electron chi connectivity index (χ0n) is 10.1. The van der Waals surface area contributed by atoms with E-state index in [1.807, 2.05) is 23.4 Å². The Labute approximate surface area is 105 Å². The second kappa shape index (κ2) is 4.17. The third kappa shape index (κ3) is 1.93. The lowest BCUT2D eigenvalue weighted by atomic mass is 9.90. The van der Waals surface area contributed by atoms with Gasteiger partial charge in [0.15, 0.2) is 5.82 Å². The van der Waals surface area contributed by atoms with Gasteiger partial charge in [0, 0.05) is 12.4 Å². The molecule has 2 unspecified atom stereocenters. The van der Waals surface area contributed by atoms with Crippen LogP contribution in [-0.2, 0) is 4.74 Å². The van der Waals surface area contributed by atoms with Gasteiger partial charge >= 0.3 is 0 Å². The summed E-state index contributed by atoms with van der Waals surface area (Å²) in [6, 6.07) is 0.396. The lowest BCUT2D eigenvalue weighted by molar-refractivity contribution is -0.0782. The Morgan fingerprint density at radius 2 is 2.47 bits per heavy atom. The largest absolute Gasteiger partial charge is 0.381 e. The van der Waals surface area contributed by atoms with E-state index in [9.17, 15) is 0 Å². The first kappa shape index (κ1) is 11.3. The zero-order valence-corrected chi connectivity index (χ0v) is 10.9. The Bertz CT molecular complexity index is 414. The summed E-state index contributed by atoms with van der Waals surface area (Å²) in [5.41, 5.74) is 6.83. The van der Waals surface area contributed by atoms with Gasteiger partial charge < -0.3 is 10.5 Å². The van der Waals surface area contributed by atoms with Gasteiger partial charge in [0.2, 0.25) is 0 Å². The number of nitrogens with two attached hydrogens (primary N) is 1. The van der Waals surface area contributed by atoms with Gasteiger partial charge in [0.05, 0.1) is 17.3 Å². The van der Waals surface area contributed by atoms with Crippen LogP contribution in [0.1, 0.15) is 31.0 Å². The molecule has 2 atom stereocenters. The number of thioether (sulfide) groups is 1. The molecule has 2 saturated heterocycles. The predicted molar refractivity (Wildman–Crippen MR) is 68.1 cm³/mol. The molecule has 1 spiro atoms. The Kier molecular flexibility index (Phi) is 2.78. The average molecular weight is 254 g/mol. The lowest BCUT2D eigenvalue weighted by Crippen LogP contribution is -2.41. The first-order valence-electron chi connectivity index (χ1n) is 6.09. The highest BCUT2D eigenvalue weighted by Crippen LogP contribution is 2.42. The van der Waals surface area contributed by atoms with Crippen molar-refractivity contribution in [3.05, 3.63) is 5.69 Å². The Morgan fingerprint density at radius 3 is 3.12 bits per heavy atom. The summed E-state index contributed by atoms with van der Waals surface area (Å²) in [6.07, 6.45) is 3.22. The number of hydrogen-bond donors (Lipinski definition) is 1. The molecule has 0 saturated carbocycles. The summed E-state index contributed by atoms with van der Waals surface area (Å²) in [5.74, 6) is 2.88. The summed E-state index contributed by atoms with van der Waals surface area (Å²) < 4.78 is 8.00. The molecule has 0 bridgehead atoms. The number of anilines is 1. The fourth-order valence-electron chi connectivity index (χ4n) is 2.77. The van der Waals surface area contributed by atoms with Gasteiger partial charge in [-0.1, -0.05) is 5.21 Å². The third-order valence-electron chi connectivity index (χ3n) is 3.84. The van der Waals surface area contributed by atoms with Crippen molar-refractivity contribution < 1.29 is 4.74 Å². The van der Waals surface area contributed by atoms with Crippen LogP contribution in [0.15, 0.2) is 0 Å². The van der Waals surface area contributed by atoms with Crippen molar-refractivity contribution >= 4 is 17.6 Å². The van der Waals surface area contributed by atoms with Gasteiger partial charge in [-0.2, -0.15) is 11.8 Å². The molecular weight excluding hydrogens is 236 g/mol. The van der Waals surface area contributed by atoms with E-state index in [0.717, 1.165) is 37.3 Å². The molecule has 0 aromatic carbocycles. The van der Waals surface area contributed by atoms with Crippen LogP contribution in [0.2, 0.25) is 0 Å². The summed E-state index contributed by atoms with van der Waals surface area (Å²) in [6.45, 7) is 2.81.